The van der Waals surface area contributed by atoms with Crippen molar-refractivity contribution in [2.75, 3.05) is 7.11 Å². The number of hydrogen-bond acceptors (Lipinski definition) is 2. The highest BCUT2D eigenvalue weighted by Crippen LogP contribution is 2.31. The third kappa shape index (κ3) is 1.14. The molecule has 1 atom stereocenters. The Morgan fingerprint density at radius 1 is 1.71 bits per heavy atom. The number of rotatable bonds is 2. The van der Waals surface area contributed by atoms with Crippen LogP contribution < -0.4 is 5.73 Å². The van der Waals surface area contributed by atoms with E-state index < -0.39 is 0 Å². The molecule has 0 unspecified atom stereocenters. The lowest BCUT2D eigenvalue weighted by atomic mass is 10.4. The predicted octanol–water partition coefficient (Wildman–Crippen LogP) is 0.328. The highest BCUT2D eigenvalue weighted by molar-refractivity contribution is 4.77. The maximum atomic E-state index is 5.46. The van der Waals surface area contributed by atoms with Gasteiger partial charge < -0.3 is 10.5 Å². The molecule has 2 nitrogen and oxygen atoms in total. The summed E-state index contributed by atoms with van der Waals surface area (Å²) in [6, 6.07) is 0. The fourth-order valence-corrected chi connectivity index (χ4v) is 0.617. The minimum absolute atomic E-state index is 0.0139. The van der Waals surface area contributed by atoms with Crippen molar-refractivity contribution >= 4 is 0 Å². The molecule has 0 aromatic heterocycles. The van der Waals surface area contributed by atoms with Gasteiger partial charge in [-0.15, -0.1) is 0 Å². The topological polar surface area (TPSA) is 35.2 Å². The lowest BCUT2D eigenvalue weighted by Gasteiger charge is -2.04. The van der Waals surface area contributed by atoms with Crippen molar-refractivity contribution < 1.29 is 4.74 Å². The number of hydrogen-bond donors (Lipinski definition) is 1. The largest absolute Gasteiger partial charge is 0.367 e. The van der Waals surface area contributed by atoms with Crippen LogP contribution in [0.1, 0.15) is 12.8 Å². The Balaban J connectivity index is 2.10. The second-order valence-corrected chi connectivity index (χ2v) is 2.04. The average Bonchev–Trinajstić information content (AvgIpc) is 2.44. The zero-order chi connectivity index (χ0) is 5.28. The Morgan fingerprint density at radius 3 is 2.43 bits per heavy atom. The van der Waals surface area contributed by atoms with Gasteiger partial charge in [-0.2, -0.15) is 0 Å². The van der Waals surface area contributed by atoms with E-state index in [1.54, 1.807) is 7.11 Å². The van der Waals surface area contributed by atoms with Crippen LogP contribution in [0.25, 0.3) is 0 Å². The molecular weight excluding hydrogens is 90.1 g/mol. The Labute approximate surface area is 43.6 Å². The van der Waals surface area contributed by atoms with Gasteiger partial charge in [-0.1, -0.05) is 0 Å². The van der Waals surface area contributed by atoms with Crippen molar-refractivity contribution in [2.24, 2.45) is 11.7 Å². The molecule has 2 heteroatoms. The quantitative estimate of drug-likeness (QED) is 0.509. The van der Waals surface area contributed by atoms with Gasteiger partial charge in [-0.05, 0) is 18.8 Å². The van der Waals surface area contributed by atoms with Gasteiger partial charge in [0.25, 0.3) is 0 Å². The molecule has 0 aromatic carbocycles. The minimum Gasteiger partial charge on any atom is -0.367 e. The van der Waals surface area contributed by atoms with E-state index in [1.807, 2.05) is 0 Å². The zero-order valence-corrected chi connectivity index (χ0v) is 4.55. The standard InChI is InChI=1S/C5H11NO/c1-7-5(6)4-2-3-4/h4-5H,2-3,6H2,1H3/t5-/m0/s1. The highest BCUT2D eigenvalue weighted by Gasteiger charge is 2.27. The molecule has 7 heavy (non-hydrogen) atoms. The van der Waals surface area contributed by atoms with Gasteiger partial charge in [0.2, 0.25) is 0 Å². The Hall–Kier alpha value is -0.0800. The van der Waals surface area contributed by atoms with Gasteiger partial charge in [0.1, 0.15) is 6.23 Å². The van der Waals surface area contributed by atoms with Crippen LogP contribution in [-0.4, -0.2) is 13.3 Å². The third-order valence-corrected chi connectivity index (χ3v) is 1.36. The SMILES string of the molecule is CO[C@H](N)C1CC1. The summed E-state index contributed by atoms with van der Waals surface area (Å²) >= 11 is 0. The fraction of sp³-hybridized carbons (Fsp3) is 1.00. The van der Waals surface area contributed by atoms with Crippen molar-refractivity contribution in [3.63, 3.8) is 0 Å². The summed E-state index contributed by atoms with van der Waals surface area (Å²) in [6.07, 6.45) is 2.53. The normalized spacial score (nSPS) is 24.9. The molecule has 1 saturated carbocycles. The summed E-state index contributed by atoms with van der Waals surface area (Å²) in [5, 5.41) is 0. The predicted molar refractivity (Wildman–Crippen MR) is 27.7 cm³/mol. The van der Waals surface area contributed by atoms with E-state index in [9.17, 15) is 0 Å². The van der Waals surface area contributed by atoms with Crippen LogP contribution in [-0.2, 0) is 4.74 Å². The molecule has 2 N–H and O–H groups in total. The molecule has 1 aliphatic rings. The van der Waals surface area contributed by atoms with Crippen LogP contribution >= 0.6 is 0 Å². The summed E-state index contributed by atoms with van der Waals surface area (Å²) in [4.78, 5) is 0. The van der Waals surface area contributed by atoms with Gasteiger partial charge in [-0.25, -0.2) is 0 Å². The van der Waals surface area contributed by atoms with Gasteiger partial charge >= 0.3 is 0 Å². The molecule has 0 saturated heterocycles. The smallest absolute Gasteiger partial charge is 0.108 e. The summed E-state index contributed by atoms with van der Waals surface area (Å²) in [6.45, 7) is 0. The van der Waals surface area contributed by atoms with Crippen molar-refractivity contribution in [1.82, 2.24) is 0 Å². The van der Waals surface area contributed by atoms with Crippen molar-refractivity contribution in [3.8, 4) is 0 Å². The van der Waals surface area contributed by atoms with Crippen LogP contribution in [0, 0.1) is 5.92 Å². The summed E-state index contributed by atoms with van der Waals surface area (Å²) in [5.41, 5.74) is 5.46. The van der Waals surface area contributed by atoms with E-state index in [1.165, 1.54) is 12.8 Å². The van der Waals surface area contributed by atoms with Crippen molar-refractivity contribution in [1.29, 1.82) is 0 Å². The molecule has 0 bridgehead atoms. The molecular formula is C5H11NO. The molecule has 0 aromatic rings. The van der Waals surface area contributed by atoms with Crippen LogP contribution in [0.5, 0.6) is 0 Å². The zero-order valence-electron chi connectivity index (χ0n) is 4.55. The van der Waals surface area contributed by atoms with Crippen LogP contribution in [0.4, 0.5) is 0 Å². The maximum absolute atomic E-state index is 5.46. The minimum atomic E-state index is 0.0139. The first kappa shape index (κ1) is 5.06. The average molecular weight is 101 g/mol. The van der Waals surface area contributed by atoms with E-state index in [-0.39, 0.29) is 6.23 Å². The van der Waals surface area contributed by atoms with Crippen LogP contribution in [0.15, 0.2) is 0 Å². The van der Waals surface area contributed by atoms with Gasteiger partial charge in [-0.3, -0.25) is 0 Å². The molecule has 1 rings (SSSR count). The highest BCUT2D eigenvalue weighted by atomic mass is 16.5. The van der Waals surface area contributed by atoms with Gasteiger partial charge in [0.05, 0.1) is 0 Å². The summed E-state index contributed by atoms with van der Waals surface area (Å²) in [7, 11) is 1.66. The summed E-state index contributed by atoms with van der Waals surface area (Å²) < 4.78 is 4.85. The molecule has 0 heterocycles. The fourth-order valence-electron chi connectivity index (χ4n) is 0.617. The Bertz CT molecular complexity index is 61.1. The first-order chi connectivity index (χ1) is 3.34. The van der Waals surface area contributed by atoms with E-state index in [2.05, 4.69) is 0 Å². The molecule has 1 fully saturated rings. The van der Waals surface area contributed by atoms with Crippen LogP contribution in [0.2, 0.25) is 0 Å². The van der Waals surface area contributed by atoms with E-state index >= 15 is 0 Å². The van der Waals surface area contributed by atoms with Crippen molar-refractivity contribution in [2.45, 2.75) is 19.1 Å². The maximum Gasteiger partial charge on any atom is 0.108 e. The molecule has 0 spiro atoms. The first-order valence-corrected chi connectivity index (χ1v) is 2.63. The Morgan fingerprint density at radius 2 is 2.29 bits per heavy atom. The van der Waals surface area contributed by atoms with Gasteiger partial charge in [0.15, 0.2) is 0 Å². The van der Waals surface area contributed by atoms with Gasteiger partial charge in [0, 0.05) is 7.11 Å². The van der Waals surface area contributed by atoms with E-state index in [0.29, 0.717) is 5.92 Å². The van der Waals surface area contributed by atoms with Crippen LogP contribution in [0.3, 0.4) is 0 Å². The lowest BCUT2D eigenvalue weighted by Crippen LogP contribution is -2.23. The summed E-state index contributed by atoms with van der Waals surface area (Å²) in [5.74, 6) is 0.671. The second-order valence-electron chi connectivity index (χ2n) is 2.04. The van der Waals surface area contributed by atoms with Crippen molar-refractivity contribution in [3.05, 3.63) is 0 Å². The molecule has 0 radical (unpaired) electrons. The molecule has 0 aliphatic heterocycles. The number of nitrogens with two attached hydrogens (primary N) is 1. The molecule has 1 aliphatic carbocycles. The second kappa shape index (κ2) is 1.80. The number of methoxy groups -OCH3 is 1. The monoisotopic (exact) mass is 101 g/mol. The first-order valence-electron chi connectivity index (χ1n) is 2.63. The number of ether oxygens (including phenoxy) is 1. The Kier molecular flexibility index (Phi) is 1.30. The lowest BCUT2D eigenvalue weighted by molar-refractivity contribution is 0.0902. The van der Waals surface area contributed by atoms with E-state index in [4.69, 9.17) is 10.5 Å². The third-order valence-electron chi connectivity index (χ3n) is 1.36. The molecule has 42 valence electrons. The molecule has 0 amide bonds. The van der Waals surface area contributed by atoms with E-state index in [0.717, 1.165) is 0 Å².